The van der Waals surface area contributed by atoms with Crippen molar-refractivity contribution in [1.29, 1.82) is 0 Å². The highest BCUT2D eigenvalue weighted by Gasteiger charge is 2.35. The molecule has 32 heavy (non-hydrogen) atoms. The zero-order valence-electron chi connectivity index (χ0n) is 18.9. The molecule has 2 aliphatic rings. The van der Waals surface area contributed by atoms with Crippen LogP contribution in [0.5, 0.6) is 5.75 Å². The predicted octanol–water partition coefficient (Wildman–Crippen LogP) is 3.42. The molecule has 1 saturated heterocycles. The number of benzene rings is 1. The molecule has 0 spiro atoms. The standard InChI is InChI=1S/C25H32N4O3/c1-3-19-6-10-22(11-7-19)32-18(2)24(30)28-13-15-29(16-14-28)25(31)27-23(20-8-9-20)21-5-4-12-26-17-21/h4-7,10-12,17-18,20,23H,3,8-9,13-16H2,1-2H3,(H,27,31). The third-order valence-corrected chi connectivity index (χ3v) is 6.29. The number of aryl methyl sites for hydroxylation is 1. The molecule has 1 N–H and O–H groups in total. The van der Waals surface area contributed by atoms with Crippen LogP contribution in [0.1, 0.15) is 43.9 Å². The first-order chi connectivity index (χ1) is 15.5. The van der Waals surface area contributed by atoms with Crippen LogP contribution in [0.25, 0.3) is 0 Å². The van der Waals surface area contributed by atoms with E-state index in [9.17, 15) is 9.59 Å². The highest BCUT2D eigenvalue weighted by molar-refractivity contribution is 5.81. The maximum atomic E-state index is 12.9. The summed E-state index contributed by atoms with van der Waals surface area (Å²) in [5, 5.41) is 3.19. The van der Waals surface area contributed by atoms with E-state index in [0.29, 0.717) is 37.8 Å². The smallest absolute Gasteiger partial charge is 0.318 e. The van der Waals surface area contributed by atoms with Crippen molar-refractivity contribution in [2.45, 2.75) is 45.3 Å². The van der Waals surface area contributed by atoms with Crippen LogP contribution in [0.15, 0.2) is 48.8 Å². The third-order valence-electron chi connectivity index (χ3n) is 6.29. The van der Waals surface area contributed by atoms with Crippen molar-refractivity contribution in [2.24, 2.45) is 5.92 Å². The first-order valence-electron chi connectivity index (χ1n) is 11.5. The number of carbonyl (C=O) groups excluding carboxylic acids is 2. The van der Waals surface area contributed by atoms with Gasteiger partial charge in [-0.3, -0.25) is 9.78 Å². The minimum Gasteiger partial charge on any atom is -0.481 e. The molecule has 2 atom stereocenters. The molecule has 1 aromatic heterocycles. The molecule has 1 aromatic carbocycles. The Morgan fingerprint density at radius 3 is 2.38 bits per heavy atom. The summed E-state index contributed by atoms with van der Waals surface area (Å²) in [6.07, 6.45) is 6.24. The molecule has 0 bridgehead atoms. The van der Waals surface area contributed by atoms with E-state index < -0.39 is 6.10 Å². The van der Waals surface area contributed by atoms with Gasteiger partial charge in [-0.2, -0.15) is 0 Å². The number of amides is 3. The number of ether oxygens (including phenoxy) is 1. The van der Waals surface area contributed by atoms with Gasteiger partial charge in [-0.15, -0.1) is 0 Å². The van der Waals surface area contributed by atoms with Crippen molar-refractivity contribution in [2.75, 3.05) is 26.2 Å². The maximum absolute atomic E-state index is 12.9. The number of urea groups is 1. The molecule has 3 amide bonds. The van der Waals surface area contributed by atoms with Crippen molar-refractivity contribution in [3.8, 4) is 5.75 Å². The van der Waals surface area contributed by atoms with Crippen molar-refractivity contribution in [3.63, 3.8) is 0 Å². The zero-order valence-corrected chi connectivity index (χ0v) is 18.9. The van der Waals surface area contributed by atoms with Gasteiger partial charge in [0.2, 0.25) is 0 Å². The van der Waals surface area contributed by atoms with Crippen LogP contribution < -0.4 is 10.1 Å². The number of piperazine rings is 1. The van der Waals surface area contributed by atoms with Crippen molar-refractivity contribution < 1.29 is 14.3 Å². The van der Waals surface area contributed by atoms with Gasteiger partial charge in [0.1, 0.15) is 5.75 Å². The molecule has 0 radical (unpaired) electrons. The fourth-order valence-corrected chi connectivity index (χ4v) is 4.13. The molecule has 2 aromatic rings. The summed E-state index contributed by atoms with van der Waals surface area (Å²) in [5.74, 6) is 1.13. The number of rotatable bonds is 7. The summed E-state index contributed by atoms with van der Waals surface area (Å²) < 4.78 is 5.85. The second kappa shape index (κ2) is 10.0. The number of aromatic nitrogens is 1. The van der Waals surface area contributed by atoms with Crippen LogP contribution in [0, 0.1) is 5.92 Å². The normalized spacial score (nSPS) is 18.1. The summed E-state index contributed by atoms with van der Waals surface area (Å²) in [5.41, 5.74) is 2.29. The van der Waals surface area contributed by atoms with E-state index in [1.54, 1.807) is 22.9 Å². The molecule has 170 valence electrons. The van der Waals surface area contributed by atoms with Gasteiger partial charge < -0.3 is 19.9 Å². The van der Waals surface area contributed by atoms with Gasteiger partial charge >= 0.3 is 6.03 Å². The number of hydrogen-bond donors (Lipinski definition) is 1. The summed E-state index contributed by atoms with van der Waals surface area (Å²) in [4.78, 5) is 33.5. The predicted molar refractivity (Wildman–Crippen MR) is 122 cm³/mol. The van der Waals surface area contributed by atoms with Gasteiger partial charge in [-0.25, -0.2) is 4.79 Å². The number of carbonyl (C=O) groups is 2. The highest BCUT2D eigenvalue weighted by atomic mass is 16.5. The SMILES string of the molecule is CCc1ccc(OC(C)C(=O)N2CCN(C(=O)NC(c3cccnc3)C3CC3)CC2)cc1. The lowest BCUT2D eigenvalue weighted by molar-refractivity contribution is -0.139. The summed E-state index contributed by atoms with van der Waals surface area (Å²) in [7, 11) is 0. The van der Waals surface area contributed by atoms with E-state index in [1.807, 2.05) is 42.6 Å². The highest BCUT2D eigenvalue weighted by Crippen LogP contribution is 2.40. The Hall–Kier alpha value is -3.09. The zero-order chi connectivity index (χ0) is 22.5. The largest absolute Gasteiger partial charge is 0.481 e. The molecule has 2 fully saturated rings. The van der Waals surface area contributed by atoms with E-state index in [0.717, 1.165) is 24.8 Å². The molecule has 7 heteroatoms. The molecular weight excluding hydrogens is 404 g/mol. The molecule has 2 heterocycles. The van der Waals surface area contributed by atoms with Gasteiger partial charge in [-0.1, -0.05) is 25.1 Å². The first kappa shape index (κ1) is 22.1. The van der Waals surface area contributed by atoms with Crippen LogP contribution in [0.4, 0.5) is 4.79 Å². The van der Waals surface area contributed by atoms with E-state index in [-0.39, 0.29) is 18.0 Å². The van der Waals surface area contributed by atoms with Crippen LogP contribution in [0.3, 0.4) is 0 Å². The van der Waals surface area contributed by atoms with Crippen molar-refractivity contribution in [3.05, 3.63) is 59.9 Å². The molecule has 1 aliphatic heterocycles. The van der Waals surface area contributed by atoms with Crippen LogP contribution in [0.2, 0.25) is 0 Å². The summed E-state index contributed by atoms with van der Waals surface area (Å²) in [6, 6.07) is 11.7. The lowest BCUT2D eigenvalue weighted by atomic mass is 10.0. The maximum Gasteiger partial charge on any atom is 0.318 e. The van der Waals surface area contributed by atoms with E-state index >= 15 is 0 Å². The number of nitrogens with one attached hydrogen (secondary N) is 1. The third kappa shape index (κ3) is 5.39. The Morgan fingerprint density at radius 1 is 1.09 bits per heavy atom. The monoisotopic (exact) mass is 436 g/mol. The molecule has 4 rings (SSSR count). The van der Waals surface area contributed by atoms with E-state index in [2.05, 4.69) is 17.2 Å². The summed E-state index contributed by atoms with van der Waals surface area (Å²) in [6.45, 7) is 5.93. The second-order valence-electron chi connectivity index (χ2n) is 8.62. The molecule has 1 aliphatic carbocycles. The molecule has 2 unspecified atom stereocenters. The average Bonchev–Trinajstić information content (AvgIpc) is 3.68. The number of pyridine rings is 1. The number of nitrogens with zero attached hydrogens (tertiary/aromatic N) is 3. The Kier molecular flexibility index (Phi) is 6.93. The molecule has 1 saturated carbocycles. The lowest BCUT2D eigenvalue weighted by Gasteiger charge is -2.36. The second-order valence-corrected chi connectivity index (χ2v) is 8.62. The Labute approximate surface area is 189 Å². The van der Waals surface area contributed by atoms with Gasteiger partial charge in [-0.05, 0) is 61.4 Å². The first-order valence-corrected chi connectivity index (χ1v) is 11.5. The van der Waals surface area contributed by atoms with Crippen LogP contribution in [-0.2, 0) is 11.2 Å². The van der Waals surface area contributed by atoms with Crippen molar-refractivity contribution >= 4 is 11.9 Å². The molecular formula is C25H32N4O3. The topological polar surface area (TPSA) is 74.8 Å². The Balaban J connectivity index is 1.27. The summed E-state index contributed by atoms with van der Waals surface area (Å²) >= 11 is 0. The fourth-order valence-electron chi connectivity index (χ4n) is 4.13. The molecule has 7 nitrogen and oxygen atoms in total. The quantitative estimate of drug-likeness (QED) is 0.722. The van der Waals surface area contributed by atoms with Crippen LogP contribution >= 0.6 is 0 Å². The van der Waals surface area contributed by atoms with Gasteiger partial charge in [0.15, 0.2) is 6.10 Å². The fraction of sp³-hybridized carbons (Fsp3) is 0.480. The lowest BCUT2D eigenvalue weighted by Crippen LogP contribution is -2.55. The van der Waals surface area contributed by atoms with Gasteiger partial charge in [0.05, 0.1) is 6.04 Å². The van der Waals surface area contributed by atoms with Gasteiger partial charge in [0.25, 0.3) is 5.91 Å². The average molecular weight is 437 g/mol. The van der Waals surface area contributed by atoms with Crippen LogP contribution in [-0.4, -0.2) is 59.0 Å². The Bertz CT molecular complexity index is 907. The van der Waals surface area contributed by atoms with Gasteiger partial charge in [0, 0.05) is 38.6 Å². The van der Waals surface area contributed by atoms with E-state index in [1.165, 1.54) is 5.56 Å². The minimum absolute atomic E-state index is 0.00313. The van der Waals surface area contributed by atoms with Crippen molar-refractivity contribution in [1.82, 2.24) is 20.1 Å². The minimum atomic E-state index is -0.562. The van der Waals surface area contributed by atoms with E-state index in [4.69, 9.17) is 4.74 Å². The number of hydrogen-bond acceptors (Lipinski definition) is 4. The Morgan fingerprint density at radius 2 is 1.78 bits per heavy atom.